The number of nitroso groups, excluding NO2 is 1. The average Bonchev–Trinajstić information content (AvgIpc) is 2.76. The average molecular weight is 259 g/mol. The Labute approximate surface area is 112 Å². The molecule has 0 aliphatic rings. The van der Waals surface area contributed by atoms with Gasteiger partial charge in [-0.05, 0) is 28.1 Å². The highest BCUT2D eigenvalue weighted by Gasteiger charge is 2.15. The Kier molecular flexibility index (Phi) is 2.42. The Bertz CT molecular complexity index is 1040. The highest BCUT2D eigenvalue weighted by atomic mass is 16.3. The van der Waals surface area contributed by atoms with Crippen LogP contribution in [0.25, 0.3) is 27.1 Å². The zero-order valence-corrected chi connectivity index (χ0v) is 10.0. The molecule has 0 heterocycles. The van der Waals surface area contributed by atoms with Gasteiger partial charge in [0, 0.05) is 10.8 Å². The number of benzene rings is 2. The Morgan fingerprint density at radius 3 is 2.50 bits per heavy atom. The SMILES string of the molecule is N#CC(C#N)=c1c(=O)c2cccc3cc(N=O)cc1c32. The minimum atomic E-state index is -0.369. The fourth-order valence-corrected chi connectivity index (χ4v) is 2.49. The third-order valence-corrected chi connectivity index (χ3v) is 3.28. The molecule has 0 fully saturated rings. The standard InChI is InChI=1S/C15H5N3O2/c16-6-9(7-17)14-12-5-10(18-20)4-8-2-1-3-11(13(8)12)15(14)19/h1-5H. The molecular formula is C15H5N3O2. The maximum Gasteiger partial charge on any atom is 0.196 e. The van der Waals surface area contributed by atoms with Crippen molar-refractivity contribution in [2.45, 2.75) is 0 Å². The van der Waals surface area contributed by atoms with Crippen LogP contribution in [0.2, 0.25) is 0 Å². The molecule has 0 N–H and O–H groups in total. The van der Waals surface area contributed by atoms with E-state index in [-0.39, 0.29) is 21.9 Å². The molecule has 5 heteroatoms. The van der Waals surface area contributed by atoms with Gasteiger partial charge in [-0.1, -0.05) is 18.2 Å². The molecule has 0 spiro atoms. The minimum Gasteiger partial charge on any atom is -0.288 e. The van der Waals surface area contributed by atoms with Crippen molar-refractivity contribution in [1.82, 2.24) is 0 Å². The van der Waals surface area contributed by atoms with Gasteiger partial charge < -0.3 is 0 Å². The van der Waals surface area contributed by atoms with Gasteiger partial charge in [0.15, 0.2) is 5.43 Å². The van der Waals surface area contributed by atoms with Crippen LogP contribution in [0, 0.1) is 27.6 Å². The van der Waals surface area contributed by atoms with E-state index >= 15 is 0 Å². The predicted octanol–water partition coefficient (Wildman–Crippen LogP) is 2.11. The summed E-state index contributed by atoms with van der Waals surface area (Å²) in [7, 11) is 0. The zero-order valence-electron chi connectivity index (χ0n) is 10.0. The van der Waals surface area contributed by atoms with E-state index < -0.39 is 0 Å². The smallest absolute Gasteiger partial charge is 0.196 e. The van der Waals surface area contributed by atoms with E-state index in [1.54, 1.807) is 36.4 Å². The Balaban J connectivity index is 2.80. The molecule has 3 rings (SSSR count). The molecular weight excluding hydrogens is 254 g/mol. The van der Waals surface area contributed by atoms with Crippen LogP contribution in [0.3, 0.4) is 0 Å². The summed E-state index contributed by atoms with van der Waals surface area (Å²) in [6.07, 6.45) is 0. The molecule has 0 saturated heterocycles. The lowest BCUT2D eigenvalue weighted by atomic mass is 10.1. The minimum absolute atomic E-state index is 0.0479. The first-order valence-corrected chi connectivity index (χ1v) is 5.71. The van der Waals surface area contributed by atoms with Crippen molar-refractivity contribution >= 4 is 32.8 Å². The quantitative estimate of drug-likeness (QED) is 0.625. The van der Waals surface area contributed by atoms with Gasteiger partial charge in [0.05, 0.1) is 5.22 Å². The summed E-state index contributed by atoms with van der Waals surface area (Å²) in [6, 6.07) is 11.6. The van der Waals surface area contributed by atoms with E-state index in [4.69, 9.17) is 10.5 Å². The summed E-state index contributed by atoms with van der Waals surface area (Å²) in [5, 5.41) is 23.1. The van der Waals surface area contributed by atoms with Gasteiger partial charge in [0.1, 0.15) is 23.4 Å². The van der Waals surface area contributed by atoms with Crippen molar-refractivity contribution in [3.63, 3.8) is 0 Å². The highest BCUT2D eigenvalue weighted by Crippen LogP contribution is 2.28. The first-order valence-electron chi connectivity index (χ1n) is 5.71. The summed E-state index contributed by atoms with van der Waals surface area (Å²) in [5.41, 5.74) is -0.464. The summed E-state index contributed by atoms with van der Waals surface area (Å²) in [4.78, 5) is 23.1. The second-order valence-corrected chi connectivity index (χ2v) is 4.29. The largest absolute Gasteiger partial charge is 0.288 e. The second kappa shape index (κ2) is 4.11. The fraction of sp³-hybridized carbons (Fsp3) is 0. The van der Waals surface area contributed by atoms with Crippen LogP contribution < -0.4 is 10.6 Å². The van der Waals surface area contributed by atoms with Crippen LogP contribution >= 0.6 is 0 Å². The molecule has 0 aromatic heterocycles. The predicted molar refractivity (Wildman–Crippen MR) is 74.2 cm³/mol. The van der Waals surface area contributed by atoms with Gasteiger partial charge in [-0.3, -0.25) is 4.79 Å². The lowest BCUT2D eigenvalue weighted by Gasteiger charge is -1.98. The fourth-order valence-electron chi connectivity index (χ4n) is 2.49. The van der Waals surface area contributed by atoms with Gasteiger partial charge in [-0.2, -0.15) is 10.5 Å². The summed E-state index contributed by atoms with van der Waals surface area (Å²) in [5.74, 6) is 0. The van der Waals surface area contributed by atoms with Gasteiger partial charge in [-0.25, -0.2) is 0 Å². The van der Waals surface area contributed by atoms with E-state index in [0.717, 1.165) is 0 Å². The number of nitriles is 2. The van der Waals surface area contributed by atoms with Gasteiger partial charge >= 0.3 is 0 Å². The van der Waals surface area contributed by atoms with Crippen LogP contribution in [0.1, 0.15) is 0 Å². The molecule has 0 unspecified atom stereocenters. The van der Waals surface area contributed by atoms with Crippen LogP contribution in [0.4, 0.5) is 5.69 Å². The zero-order chi connectivity index (χ0) is 14.3. The van der Waals surface area contributed by atoms with Crippen molar-refractivity contribution in [3.05, 3.63) is 50.7 Å². The molecule has 3 aromatic carbocycles. The first kappa shape index (κ1) is 11.8. The maximum atomic E-state index is 12.4. The lowest BCUT2D eigenvalue weighted by molar-refractivity contribution is 1.49. The Morgan fingerprint density at radius 1 is 1.10 bits per heavy atom. The lowest BCUT2D eigenvalue weighted by Crippen LogP contribution is -2.21. The highest BCUT2D eigenvalue weighted by molar-refractivity contribution is 6.14. The third-order valence-electron chi connectivity index (χ3n) is 3.28. The Morgan fingerprint density at radius 2 is 1.85 bits per heavy atom. The number of rotatable bonds is 1. The molecule has 20 heavy (non-hydrogen) atoms. The monoisotopic (exact) mass is 259 g/mol. The normalized spacial score (nSPS) is 10.3. The van der Waals surface area contributed by atoms with Crippen molar-refractivity contribution in [3.8, 4) is 12.1 Å². The molecule has 0 radical (unpaired) electrons. The number of nitrogens with zero attached hydrogens (tertiary/aromatic N) is 3. The molecule has 0 amide bonds. The van der Waals surface area contributed by atoms with Crippen molar-refractivity contribution in [1.29, 1.82) is 10.5 Å². The maximum absolute atomic E-state index is 12.4. The van der Waals surface area contributed by atoms with Gasteiger partial charge in [0.2, 0.25) is 0 Å². The molecule has 0 bridgehead atoms. The Hall–Kier alpha value is -3.31. The van der Waals surface area contributed by atoms with Gasteiger partial charge in [-0.15, -0.1) is 4.91 Å². The van der Waals surface area contributed by atoms with E-state index in [2.05, 4.69) is 5.18 Å². The van der Waals surface area contributed by atoms with E-state index in [1.165, 1.54) is 6.07 Å². The topological polar surface area (TPSA) is 94.1 Å². The summed E-state index contributed by atoms with van der Waals surface area (Å²) >= 11 is 0. The van der Waals surface area contributed by atoms with Crippen LogP contribution in [0.5, 0.6) is 0 Å². The second-order valence-electron chi connectivity index (χ2n) is 4.29. The van der Waals surface area contributed by atoms with E-state index in [9.17, 15) is 9.70 Å². The molecule has 0 aliphatic heterocycles. The van der Waals surface area contributed by atoms with Crippen LogP contribution in [-0.4, -0.2) is 0 Å². The van der Waals surface area contributed by atoms with Crippen molar-refractivity contribution in [2.75, 3.05) is 0 Å². The number of hydrogen-bond acceptors (Lipinski definition) is 5. The summed E-state index contributed by atoms with van der Waals surface area (Å²) < 4.78 is 0. The molecule has 0 aliphatic carbocycles. The van der Waals surface area contributed by atoms with Crippen LogP contribution in [0.15, 0.2) is 40.3 Å². The first-order chi connectivity index (χ1) is 9.71. The number of hydrogen-bond donors (Lipinski definition) is 0. The molecule has 5 nitrogen and oxygen atoms in total. The third kappa shape index (κ3) is 1.38. The van der Waals surface area contributed by atoms with Crippen molar-refractivity contribution < 1.29 is 0 Å². The van der Waals surface area contributed by atoms with Crippen molar-refractivity contribution in [2.24, 2.45) is 5.18 Å². The molecule has 0 saturated carbocycles. The molecule has 0 atom stereocenters. The van der Waals surface area contributed by atoms with E-state index in [0.29, 0.717) is 21.5 Å². The molecule has 3 aromatic rings. The molecule has 92 valence electrons. The van der Waals surface area contributed by atoms with Crippen LogP contribution in [-0.2, 0) is 0 Å². The van der Waals surface area contributed by atoms with Gasteiger partial charge in [0.25, 0.3) is 0 Å². The summed E-state index contributed by atoms with van der Waals surface area (Å²) in [6.45, 7) is 0. The van der Waals surface area contributed by atoms with E-state index in [1.807, 2.05) is 0 Å².